The van der Waals surface area contributed by atoms with Gasteiger partial charge < -0.3 is 28.0 Å². The van der Waals surface area contributed by atoms with E-state index in [2.05, 4.69) is 4.18 Å². The predicted molar refractivity (Wildman–Crippen MR) is 109 cm³/mol. The second kappa shape index (κ2) is 8.50. The van der Waals surface area contributed by atoms with Gasteiger partial charge in [-0.1, -0.05) is 16.9 Å². The van der Waals surface area contributed by atoms with Crippen LogP contribution in [0.3, 0.4) is 0 Å². The summed E-state index contributed by atoms with van der Waals surface area (Å²) < 4.78 is 60.6. The lowest BCUT2D eigenvalue weighted by Crippen LogP contribution is -2.54. The number of hydrogen-bond donors (Lipinski definition) is 0. The molecule has 0 radical (unpaired) electrons. The van der Waals surface area contributed by atoms with Crippen LogP contribution >= 0.6 is 0 Å². The maximum Gasteiger partial charge on any atom is 0.488 e. The first-order valence-corrected chi connectivity index (χ1v) is 10.4. The van der Waals surface area contributed by atoms with E-state index in [1.54, 1.807) is 25.1 Å². The monoisotopic (exact) mass is 455 g/mol. The van der Waals surface area contributed by atoms with Gasteiger partial charge in [0.25, 0.3) is 0 Å². The Morgan fingerprint density at radius 3 is 1.94 bits per heavy atom. The quantitative estimate of drug-likeness (QED) is 0.442. The summed E-state index contributed by atoms with van der Waals surface area (Å²) in [5.74, 6) is 0.217. The number of carbonyl (C=O) groups is 1. The normalized spacial score (nSPS) is 18.3. The summed E-state index contributed by atoms with van der Waals surface area (Å²) in [7, 11) is 0.425. The fourth-order valence-corrected chi connectivity index (χ4v) is 3.96. The van der Waals surface area contributed by atoms with E-state index in [4.69, 9.17) is 18.9 Å². The predicted octanol–water partition coefficient (Wildman–Crippen LogP) is 3.04. The minimum Gasteiger partial charge on any atom is -0.493 e. The Balaban J connectivity index is 2.07. The van der Waals surface area contributed by atoms with Crippen molar-refractivity contribution in [3.05, 3.63) is 35.9 Å². The fraction of sp³-hybridized carbons (Fsp3) is 0.350. The lowest BCUT2D eigenvalue weighted by molar-refractivity contribution is -0.129. The van der Waals surface area contributed by atoms with Crippen molar-refractivity contribution in [1.82, 2.24) is 0 Å². The summed E-state index contributed by atoms with van der Waals surface area (Å²) in [6.07, 6.45) is 0. The van der Waals surface area contributed by atoms with Gasteiger partial charge in [0.2, 0.25) is 11.7 Å². The van der Waals surface area contributed by atoms with E-state index in [0.29, 0.717) is 28.5 Å². The van der Waals surface area contributed by atoms with Gasteiger partial charge >= 0.3 is 10.5 Å². The number of methoxy groups -OCH3 is 4. The van der Waals surface area contributed by atoms with E-state index in [9.17, 15) is 17.1 Å². The van der Waals surface area contributed by atoms with Crippen LogP contribution in [0, 0.1) is 5.92 Å². The molecule has 1 unspecified atom stereocenters. The zero-order chi connectivity index (χ0) is 22.9. The Bertz CT molecular complexity index is 1080. The standard InChI is InChI=1S/C20H22FNO8S/c1-11-18(12-6-7-14(26-2)15(8-12)30-31(21,24)25)22(20(11)23)13-9-16(27-3)19(29-5)17(10-13)28-4/h6-11,18H,1-5H3/t11?,18-/m1/s1. The number of halogens is 1. The molecule has 0 aliphatic carbocycles. The van der Waals surface area contributed by atoms with E-state index in [0.717, 1.165) is 0 Å². The summed E-state index contributed by atoms with van der Waals surface area (Å²) >= 11 is 0. The molecule has 1 aliphatic rings. The first kappa shape index (κ1) is 22.5. The molecule has 1 amide bonds. The molecule has 1 saturated heterocycles. The topological polar surface area (TPSA) is 101 Å². The Hall–Kier alpha value is -3.21. The fourth-order valence-electron chi connectivity index (χ4n) is 3.61. The Morgan fingerprint density at radius 2 is 1.45 bits per heavy atom. The molecule has 0 N–H and O–H groups in total. The van der Waals surface area contributed by atoms with Crippen molar-refractivity contribution in [1.29, 1.82) is 0 Å². The first-order chi connectivity index (χ1) is 14.6. The molecule has 168 valence electrons. The number of benzene rings is 2. The number of rotatable bonds is 8. The van der Waals surface area contributed by atoms with Crippen molar-refractivity contribution in [2.45, 2.75) is 13.0 Å². The highest BCUT2D eigenvalue weighted by molar-refractivity contribution is 7.81. The summed E-state index contributed by atoms with van der Waals surface area (Å²) in [4.78, 5) is 14.2. The second-order valence-electron chi connectivity index (χ2n) is 6.71. The van der Waals surface area contributed by atoms with Gasteiger partial charge in [0.05, 0.1) is 46.1 Å². The number of carbonyl (C=O) groups excluding carboxylic acids is 1. The van der Waals surface area contributed by atoms with Crippen LogP contribution in [0.25, 0.3) is 0 Å². The third-order valence-corrected chi connectivity index (χ3v) is 5.40. The van der Waals surface area contributed by atoms with Gasteiger partial charge in [0.1, 0.15) is 0 Å². The molecule has 11 heteroatoms. The van der Waals surface area contributed by atoms with E-state index >= 15 is 0 Å². The lowest BCUT2D eigenvalue weighted by atomic mass is 9.83. The average Bonchev–Trinajstić information content (AvgIpc) is 2.74. The molecule has 2 aromatic carbocycles. The molecule has 9 nitrogen and oxygen atoms in total. The molecule has 31 heavy (non-hydrogen) atoms. The smallest absolute Gasteiger partial charge is 0.488 e. The van der Waals surface area contributed by atoms with Crippen molar-refractivity contribution < 1.29 is 40.2 Å². The van der Waals surface area contributed by atoms with Gasteiger partial charge in [-0.15, -0.1) is 0 Å². The molecule has 1 fully saturated rings. The average molecular weight is 455 g/mol. The van der Waals surface area contributed by atoms with Crippen LogP contribution in [-0.4, -0.2) is 42.8 Å². The third-order valence-electron chi connectivity index (χ3n) is 5.02. The first-order valence-electron chi connectivity index (χ1n) is 9.10. The molecule has 2 atom stereocenters. The highest BCUT2D eigenvalue weighted by atomic mass is 32.3. The van der Waals surface area contributed by atoms with Crippen LogP contribution in [0.15, 0.2) is 30.3 Å². The van der Waals surface area contributed by atoms with Crippen LogP contribution < -0.4 is 28.0 Å². The molecule has 2 aromatic rings. The number of anilines is 1. The Kier molecular flexibility index (Phi) is 6.16. The van der Waals surface area contributed by atoms with Crippen molar-refractivity contribution >= 4 is 22.1 Å². The number of amides is 1. The van der Waals surface area contributed by atoms with Crippen molar-refractivity contribution in [2.24, 2.45) is 5.92 Å². The van der Waals surface area contributed by atoms with Crippen molar-refractivity contribution in [3.63, 3.8) is 0 Å². The van der Waals surface area contributed by atoms with E-state index in [-0.39, 0.29) is 17.4 Å². The largest absolute Gasteiger partial charge is 0.493 e. The Morgan fingerprint density at radius 1 is 0.871 bits per heavy atom. The van der Waals surface area contributed by atoms with Crippen LogP contribution in [0.5, 0.6) is 28.7 Å². The minimum absolute atomic E-state index is 0.0302. The molecule has 3 rings (SSSR count). The van der Waals surface area contributed by atoms with Crippen molar-refractivity contribution in [3.8, 4) is 28.7 Å². The Labute approximate surface area is 179 Å². The highest BCUT2D eigenvalue weighted by Crippen LogP contribution is 2.49. The van der Waals surface area contributed by atoms with Crippen LogP contribution in [0.4, 0.5) is 9.57 Å². The molecule has 1 heterocycles. The van der Waals surface area contributed by atoms with Crippen molar-refractivity contribution in [2.75, 3.05) is 33.3 Å². The second-order valence-corrected chi connectivity index (χ2v) is 7.66. The van der Waals surface area contributed by atoms with E-state index in [1.807, 2.05) is 0 Å². The third kappa shape index (κ3) is 4.18. The summed E-state index contributed by atoms with van der Waals surface area (Å²) in [5, 5.41) is 0. The maximum absolute atomic E-state index is 13.1. The maximum atomic E-state index is 13.1. The number of nitrogens with zero attached hydrogens (tertiary/aromatic N) is 1. The SMILES string of the molecule is COc1ccc([C@H]2C(C)C(=O)N2c2cc(OC)c(OC)c(OC)c2)cc1OS(=O)(=O)F. The van der Waals surface area contributed by atoms with Crippen LogP contribution in [0.2, 0.25) is 0 Å². The van der Waals surface area contributed by atoms with Gasteiger partial charge in [-0.2, -0.15) is 8.42 Å². The van der Waals surface area contributed by atoms with Gasteiger partial charge in [0, 0.05) is 12.1 Å². The highest BCUT2D eigenvalue weighted by Gasteiger charge is 2.46. The molecule has 0 spiro atoms. The van der Waals surface area contributed by atoms with E-state index < -0.39 is 22.5 Å². The van der Waals surface area contributed by atoms with Crippen LogP contribution in [-0.2, 0) is 15.3 Å². The zero-order valence-corrected chi connectivity index (χ0v) is 18.4. The molecular formula is C20H22FNO8S. The van der Waals surface area contributed by atoms with Crippen LogP contribution in [0.1, 0.15) is 18.5 Å². The number of ether oxygens (including phenoxy) is 4. The van der Waals surface area contributed by atoms with Gasteiger partial charge in [-0.05, 0) is 17.7 Å². The van der Waals surface area contributed by atoms with E-state index in [1.165, 1.54) is 45.5 Å². The van der Waals surface area contributed by atoms with Gasteiger partial charge in [0.15, 0.2) is 23.0 Å². The minimum atomic E-state index is -5.26. The lowest BCUT2D eigenvalue weighted by Gasteiger charge is -2.46. The zero-order valence-electron chi connectivity index (χ0n) is 17.5. The summed E-state index contributed by atoms with van der Waals surface area (Å²) in [6.45, 7) is 1.73. The molecule has 0 bridgehead atoms. The molecule has 1 aliphatic heterocycles. The molecule has 0 saturated carbocycles. The number of hydrogen-bond acceptors (Lipinski definition) is 8. The molecular weight excluding hydrogens is 433 g/mol. The van der Waals surface area contributed by atoms with Gasteiger partial charge in [-0.25, -0.2) is 0 Å². The summed E-state index contributed by atoms with van der Waals surface area (Å²) in [6, 6.07) is 7.20. The van der Waals surface area contributed by atoms with Gasteiger partial charge in [-0.3, -0.25) is 4.79 Å². The number of β-lactam (4-membered cyclic amide) rings is 1. The summed E-state index contributed by atoms with van der Waals surface area (Å²) in [5.41, 5.74) is 1.01. The molecule has 0 aromatic heterocycles.